The van der Waals surface area contributed by atoms with Gasteiger partial charge in [-0.25, -0.2) is 4.98 Å². The predicted octanol–water partition coefficient (Wildman–Crippen LogP) is 2.49. The van der Waals surface area contributed by atoms with Crippen LogP contribution in [0.2, 0.25) is 10.0 Å². The second-order valence-corrected chi connectivity index (χ2v) is 5.54. The van der Waals surface area contributed by atoms with Crippen molar-refractivity contribution in [2.24, 2.45) is 0 Å². The van der Waals surface area contributed by atoms with Crippen molar-refractivity contribution in [2.75, 3.05) is 14.1 Å². The number of fused-ring (bicyclic) bond motifs is 1. The van der Waals surface area contributed by atoms with Gasteiger partial charge in [0, 0.05) is 6.54 Å². The van der Waals surface area contributed by atoms with Crippen molar-refractivity contribution in [3.63, 3.8) is 0 Å². The Morgan fingerprint density at radius 2 is 2.00 bits per heavy atom. The van der Waals surface area contributed by atoms with Crippen LogP contribution in [0.3, 0.4) is 0 Å². The number of hydrogen-bond acceptors (Lipinski definition) is 4. The summed E-state index contributed by atoms with van der Waals surface area (Å²) in [5, 5.41) is 10.5. The van der Waals surface area contributed by atoms with E-state index in [-0.39, 0.29) is 32.3 Å². The third-order valence-corrected chi connectivity index (χ3v) is 3.55. The second kappa shape index (κ2) is 5.60. The third kappa shape index (κ3) is 2.49. The van der Waals surface area contributed by atoms with Crippen LogP contribution in [-0.4, -0.2) is 33.7 Å². The van der Waals surface area contributed by atoms with E-state index in [2.05, 4.69) is 4.98 Å². The Labute approximate surface area is 126 Å². The zero-order chi connectivity index (χ0) is 15.0. The highest BCUT2D eigenvalue weighted by atomic mass is 35.5. The van der Waals surface area contributed by atoms with Gasteiger partial charge in [0.25, 0.3) is 5.56 Å². The van der Waals surface area contributed by atoms with Gasteiger partial charge in [0.15, 0.2) is 5.75 Å². The molecular weight excluding hydrogens is 301 g/mol. The van der Waals surface area contributed by atoms with Gasteiger partial charge in [0.1, 0.15) is 11.3 Å². The van der Waals surface area contributed by atoms with Crippen molar-refractivity contribution in [2.45, 2.75) is 20.0 Å². The monoisotopic (exact) mass is 315 g/mol. The van der Waals surface area contributed by atoms with Crippen molar-refractivity contribution in [1.82, 2.24) is 14.5 Å². The van der Waals surface area contributed by atoms with E-state index in [1.54, 1.807) is 4.57 Å². The first kappa shape index (κ1) is 15.1. The molecular formula is C13H15Cl2N3O2. The SMILES string of the molecule is CCn1c(CN(C)C)nc2c(O)c(Cl)cc(Cl)c2c1=O. The second-order valence-electron chi connectivity index (χ2n) is 4.73. The molecule has 0 aliphatic heterocycles. The number of rotatable bonds is 3. The first-order chi connectivity index (χ1) is 9.36. The fourth-order valence-corrected chi connectivity index (χ4v) is 2.61. The molecule has 0 radical (unpaired) electrons. The summed E-state index contributed by atoms with van der Waals surface area (Å²) in [5.74, 6) is 0.343. The Hall–Kier alpha value is -1.30. The molecule has 0 fully saturated rings. The lowest BCUT2D eigenvalue weighted by atomic mass is 10.2. The maximum absolute atomic E-state index is 12.5. The van der Waals surface area contributed by atoms with Crippen LogP contribution >= 0.6 is 23.2 Å². The van der Waals surface area contributed by atoms with Crippen LogP contribution in [0.4, 0.5) is 0 Å². The molecule has 5 nitrogen and oxygen atoms in total. The van der Waals surface area contributed by atoms with E-state index in [0.717, 1.165) is 0 Å². The molecule has 0 aliphatic carbocycles. The lowest BCUT2D eigenvalue weighted by Gasteiger charge is -2.16. The zero-order valence-electron chi connectivity index (χ0n) is 11.4. The smallest absolute Gasteiger partial charge is 0.263 e. The molecule has 1 N–H and O–H groups in total. The average molecular weight is 316 g/mol. The number of phenols is 1. The van der Waals surface area contributed by atoms with Gasteiger partial charge in [-0.3, -0.25) is 9.36 Å². The molecule has 7 heteroatoms. The van der Waals surface area contributed by atoms with E-state index >= 15 is 0 Å². The highest BCUT2D eigenvalue weighted by molar-refractivity contribution is 6.39. The van der Waals surface area contributed by atoms with E-state index in [9.17, 15) is 9.90 Å². The van der Waals surface area contributed by atoms with Gasteiger partial charge in [-0.15, -0.1) is 0 Å². The molecule has 0 saturated carbocycles. The lowest BCUT2D eigenvalue weighted by molar-refractivity contribution is 0.377. The van der Waals surface area contributed by atoms with Gasteiger partial charge in [-0.2, -0.15) is 0 Å². The van der Waals surface area contributed by atoms with Crippen LogP contribution in [-0.2, 0) is 13.1 Å². The maximum Gasteiger partial charge on any atom is 0.263 e. The number of nitrogens with zero attached hydrogens (tertiary/aromatic N) is 3. The third-order valence-electron chi connectivity index (χ3n) is 2.96. The van der Waals surface area contributed by atoms with E-state index < -0.39 is 0 Å². The fourth-order valence-electron chi connectivity index (χ4n) is 2.08. The summed E-state index contributed by atoms with van der Waals surface area (Å²) in [6.45, 7) is 2.81. The van der Waals surface area contributed by atoms with Crippen molar-refractivity contribution < 1.29 is 5.11 Å². The zero-order valence-corrected chi connectivity index (χ0v) is 13.0. The topological polar surface area (TPSA) is 58.4 Å². The molecule has 20 heavy (non-hydrogen) atoms. The summed E-state index contributed by atoms with van der Waals surface area (Å²) in [7, 11) is 3.75. The summed E-state index contributed by atoms with van der Waals surface area (Å²) >= 11 is 12.0. The molecule has 1 heterocycles. The summed E-state index contributed by atoms with van der Waals surface area (Å²) in [4.78, 5) is 18.8. The van der Waals surface area contributed by atoms with Crippen LogP contribution in [0.5, 0.6) is 5.75 Å². The van der Waals surface area contributed by atoms with Gasteiger partial charge in [0.2, 0.25) is 0 Å². The maximum atomic E-state index is 12.5. The van der Waals surface area contributed by atoms with Crippen molar-refractivity contribution in [3.8, 4) is 5.75 Å². The standard InChI is InChI=1S/C13H15Cl2N3O2/c1-4-18-9(6-17(2)3)16-11-10(13(18)20)7(14)5-8(15)12(11)19/h5,19H,4,6H2,1-3H3. The minimum Gasteiger partial charge on any atom is -0.504 e. The van der Waals surface area contributed by atoms with E-state index in [4.69, 9.17) is 23.2 Å². The molecule has 2 aromatic rings. The highest BCUT2D eigenvalue weighted by Crippen LogP contribution is 2.34. The minimum atomic E-state index is -0.272. The molecule has 0 unspecified atom stereocenters. The van der Waals surface area contributed by atoms with E-state index in [0.29, 0.717) is 18.9 Å². The van der Waals surface area contributed by atoms with Crippen LogP contribution < -0.4 is 5.56 Å². The van der Waals surface area contributed by atoms with Gasteiger partial charge >= 0.3 is 0 Å². The minimum absolute atomic E-state index is 0.0828. The number of aromatic hydroxyl groups is 1. The van der Waals surface area contributed by atoms with E-state index in [1.807, 2.05) is 25.9 Å². The lowest BCUT2D eigenvalue weighted by Crippen LogP contribution is -2.28. The Bertz CT molecular complexity index is 726. The van der Waals surface area contributed by atoms with E-state index in [1.165, 1.54) is 6.07 Å². The number of benzene rings is 1. The van der Waals surface area contributed by atoms with Crippen LogP contribution in [0.25, 0.3) is 10.9 Å². The Morgan fingerprint density at radius 1 is 1.35 bits per heavy atom. The van der Waals surface area contributed by atoms with Crippen molar-refractivity contribution in [1.29, 1.82) is 0 Å². The van der Waals surface area contributed by atoms with Crippen molar-refractivity contribution in [3.05, 3.63) is 32.3 Å². The van der Waals surface area contributed by atoms with Crippen LogP contribution in [0.1, 0.15) is 12.7 Å². The molecule has 1 aromatic carbocycles. The molecule has 108 valence electrons. The molecule has 0 aliphatic rings. The first-order valence-corrected chi connectivity index (χ1v) is 6.87. The molecule has 1 aromatic heterocycles. The molecule has 0 saturated heterocycles. The largest absolute Gasteiger partial charge is 0.504 e. The average Bonchev–Trinajstić information content (AvgIpc) is 2.35. The van der Waals surface area contributed by atoms with Crippen LogP contribution in [0, 0.1) is 0 Å². The number of halogens is 2. The van der Waals surface area contributed by atoms with Crippen molar-refractivity contribution >= 4 is 34.1 Å². The Morgan fingerprint density at radius 3 is 2.55 bits per heavy atom. The predicted molar refractivity (Wildman–Crippen MR) is 80.8 cm³/mol. The first-order valence-electron chi connectivity index (χ1n) is 6.12. The summed E-state index contributed by atoms with van der Waals surface area (Å²) < 4.78 is 1.54. The Kier molecular flexibility index (Phi) is 4.22. The van der Waals surface area contributed by atoms with Crippen LogP contribution in [0.15, 0.2) is 10.9 Å². The molecule has 0 bridgehead atoms. The summed E-state index contributed by atoms with van der Waals surface area (Å²) in [6.07, 6.45) is 0. The van der Waals surface area contributed by atoms with Gasteiger partial charge < -0.3 is 10.0 Å². The molecule has 0 atom stereocenters. The normalized spacial score (nSPS) is 11.5. The summed E-state index contributed by atoms with van der Waals surface area (Å²) in [5.41, 5.74) is -0.125. The van der Waals surface area contributed by atoms with Gasteiger partial charge in [0.05, 0.1) is 22.0 Å². The Balaban J connectivity index is 2.91. The summed E-state index contributed by atoms with van der Waals surface area (Å²) in [6, 6.07) is 1.36. The fraction of sp³-hybridized carbons (Fsp3) is 0.385. The number of hydrogen-bond donors (Lipinski definition) is 1. The quantitative estimate of drug-likeness (QED) is 0.945. The van der Waals surface area contributed by atoms with Gasteiger partial charge in [-0.05, 0) is 27.1 Å². The number of phenolic OH excluding ortho intramolecular Hbond substituents is 1. The highest BCUT2D eigenvalue weighted by Gasteiger charge is 2.18. The van der Waals surface area contributed by atoms with Gasteiger partial charge in [-0.1, -0.05) is 23.2 Å². The number of aromatic nitrogens is 2. The molecule has 0 amide bonds. The molecule has 0 spiro atoms. The molecule has 2 rings (SSSR count).